The molecule has 2 atom stereocenters. The van der Waals surface area contributed by atoms with Crippen LogP contribution in [0.2, 0.25) is 5.02 Å². The Morgan fingerprint density at radius 2 is 2.05 bits per heavy atom. The number of aromatic nitrogens is 2. The van der Waals surface area contributed by atoms with E-state index >= 15 is 0 Å². The van der Waals surface area contributed by atoms with E-state index in [-0.39, 0.29) is 11.5 Å². The maximum absolute atomic E-state index is 12.2. The lowest BCUT2D eigenvalue weighted by molar-refractivity contribution is 0.898. The highest BCUT2D eigenvalue weighted by molar-refractivity contribution is 9.10. The van der Waals surface area contributed by atoms with Crippen LogP contribution in [0, 0.1) is 0 Å². The molecule has 1 aliphatic rings. The van der Waals surface area contributed by atoms with Gasteiger partial charge in [-0.25, -0.2) is 4.98 Å². The number of aromatic amines is 1. The van der Waals surface area contributed by atoms with Gasteiger partial charge in [-0.1, -0.05) is 39.7 Å². The average molecular weight is 376 g/mol. The monoisotopic (exact) mass is 374 g/mol. The molecule has 1 fully saturated rings. The van der Waals surface area contributed by atoms with Crippen molar-refractivity contribution in [3.05, 3.63) is 73.7 Å². The number of hydrogen-bond acceptors (Lipinski definition) is 2. The van der Waals surface area contributed by atoms with Crippen molar-refractivity contribution in [1.82, 2.24) is 9.97 Å². The third-order valence-corrected chi connectivity index (χ3v) is 4.83. The maximum atomic E-state index is 12.2. The van der Waals surface area contributed by atoms with Crippen molar-refractivity contribution in [3.8, 4) is 0 Å². The Morgan fingerprint density at radius 1 is 1.18 bits per heavy atom. The molecule has 0 spiro atoms. The van der Waals surface area contributed by atoms with Crippen LogP contribution in [0.1, 0.15) is 29.6 Å². The van der Waals surface area contributed by atoms with Crippen LogP contribution in [-0.4, -0.2) is 9.97 Å². The molecule has 3 nitrogen and oxygen atoms in total. The molecule has 0 saturated heterocycles. The van der Waals surface area contributed by atoms with Gasteiger partial charge in [0, 0.05) is 15.4 Å². The number of rotatable bonds is 2. The van der Waals surface area contributed by atoms with E-state index in [4.69, 9.17) is 11.6 Å². The number of benzene rings is 2. The van der Waals surface area contributed by atoms with Crippen LogP contribution in [0.15, 0.2) is 51.7 Å². The molecule has 22 heavy (non-hydrogen) atoms. The number of H-pyrrole nitrogens is 1. The summed E-state index contributed by atoms with van der Waals surface area (Å²) in [6.45, 7) is 0. The molecule has 1 N–H and O–H groups in total. The first kappa shape index (κ1) is 14.0. The Morgan fingerprint density at radius 3 is 2.86 bits per heavy atom. The SMILES string of the molecule is O=c1[nH]c([C@H]2C[C@@H]2c2cccc(Cl)c2)nc2cc(Br)ccc12. The summed E-state index contributed by atoms with van der Waals surface area (Å²) >= 11 is 9.48. The maximum Gasteiger partial charge on any atom is 0.258 e. The first-order valence-corrected chi connectivity index (χ1v) is 8.24. The first-order chi connectivity index (χ1) is 10.6. The summed E-state index contributed by atoms with van der Waals surface area (Å²) in [5, 5.41) is 1.36. The van der Waals surface area contributed by atoms with Gasteiger partial charge < -0.3 is 4.98 Å². The second-order valence-electron chi connectivity index (χ2n) is 5.62. The summed E-state index contributed by atoms with van der Waals surface area (Å²) < 4.78 is 0.922. The standard InChI is InChI=1S/C17H12BrClN2O/c18-10-4-5-12-15(7-10)20-16(21-17(12)22)14-8-13(14)9-2-1-3-11(19)6-9/h1-7,13-14H,8H2,(H,20,21,22)/t13-,14+/m1/s1. The first-order valence-electron chi connectivity index (χ1n) is 7.07. The van der Waals surface area contributed by atoms with E-state index in [1.54, 1.807) is 6.07 Å². The minimum Gasteiger partial charge on any atom is -0.310 e. The molecule has 1 aliphatic carbocycles. The molecule has 1 saturated carbocycles. The number of fused-ring (bicyclic) bond motifs is 1. The summed E-state index contributed by atoms with van der Waals surface area (Å²) in [6.07, 6.45) is 0.989. The molecular weight excluding hydrogens is 364 g/mol. The quantitative estimate of drug-likeness (QED) is 0.711. The zero-order valence-electron chi connectivity index (χ0n) is 11.5. The molecule has 1 heterocycles. The zero-order valence-corrected chi connectivity index (χ0v) is 13.9. The van der Waals surface area contributed by atoms with E-state index in [9.17, 15) is 4.79 Å². The highest BCUT2D eigenvalue weighted by Crippen LogP contribution is 2.53. The Bertz CT molecular complexity index is 937. The van der Waals surface area contributed by atoms with Gasteiger partial charge in [0.1, 0.15) is 5.82 Å². The Labute approximate surface area is 140 Å². The largest absolute Gasteiger partial charge is 0.310 e. The van der Waals surface area contributed by atoms with Gasteiger partial charge in [-0.2, -0.15) is 0 Å². The van der Waals surface area contributed by atoms with Crippen LogP contribution in [0.4, 0.5) is 0 Å². The number of halogens is 2. The number of nitrogens with zero attached hydrogens (tertiary/aromatic N) is 1. The third-order valence-electron chi connectivity index (χ3n) is 4.11. The molecular formula is C17H12BrClN2O. The van der Waals surface area contributed by atoms with Gasteiger partial charge in [0.05, 0.1) is 10.9 Å². The second-order valence-corrected chi connectivity index (χ2v) is 6.97. The van der Waals surface area contributed by atoms with Crippen molar-refractivity contribution < 1.29 is 0 Å². The Balaban J connectivity index is 1.72. The van der Waals surface area contributed by atoms with Crippen molar-refractivity contribution in [2.24, 2.45) is 0 Å². The topological polar surface area (TPSA) is 45.8 Å². The molecule has 4 rings (SSSR count). The molecule has 5 heteroatoms. The summed E-state index contributed by atoms with van der Waals surface area (Å²) in [5.74, 6) is 1.40. The van der Waals surface area contributed by atoms with Crippen molar-refractivity contribution in [3.63, 3.8) is 0 Å². The molecule has 3 aromatic rings. The lowest BCUT2D eigenvalue weighted by Gasteiger charge is -2.04. The summed E-state index contributed by atoms with van der Waals surface area (Å²) in [5.41, 5.74) is 1.85. The molecule has 0 unspecified atom stereocenters. The molecule has 2 aromatic carbocycles. The fourth-order valence-corrected chi connectivity index (χ4v) is 3.46. The summed E-state index contributed by atoms with van der Waals surface area (Å²) in [4.78, 5) is 19.8. The third kappa shape index (κ3) is 2.46. The lowest BCUT2D eigenvalue weighted by atomic mass is 10.1. The fraction of sp³-hybridized carbons (Fsp3) is 0.176. The van der Waals surface area contributed by atoms with Crippen LogP contribution in [-0.2, 0) is 0 Å². The normalized spacial score (nSPS) is 20.3. The highest BCUT2D eigenvalue weighted by Gasteiger charge is 2.41. The predicted octanol–water partition coefficient (Wildman–Crippen LogP) is 4.61. The van der Waals surface area contributed by atoms with E-state index in [1.165, 1.54) is 5.56 Å². The minimum atomic E-state index is -0.0794. The van der Waals surface area contributed by atoms with Gasteiger partial charge in [-0.05, 0) is 48.2 Å². The van der Waals surface area contributed by atoms with E-state index in [0.29, 0.717) is 11.3 Å². The van der Waals surface area contributed by atoms with E-state index < -0.39 is 0 Å². The zero-order chi connectivity index (χ0) is 15.3. The van der Waals surface area contributed by atoms with Crippen LogP contribution in [0.5, 0.6) is 0 Å². The molecule has 1 aromatic heterocycles. The van der Waals surface area contributed by atoms with Crippen molar-refractivity contribution in [2.45, 2.75) is 18.3 Å². The Hall–Kier alpha value is -1.65. The van der Waals surface area contributed by atoms with Crippen molar-refractivity contribution >= 4 is 38.4 Å². The van der Waals surface area contributed by atoms with Crippen LogP contribution in [0.3, 0.4) is 0 Å². The predicted molar refractivity (Wildman–Crippen MR) is 91.6 cm³/mol. The molecule has 0 aliphatic heterocycles. The van der Waals surface area contributed by atoms with Crippen LogP contribution >= 0.6 is 27.5 Å². The minimum absolute atomic E-state index is 0.0794. The number of hydrogen-bond donors (Lipinski definition) is 1. The number of nitrogens with one attached hydrogen (secondary N) is 1. The van der Waals surface area contributed by atoms with Crippen LogP contribution in [0.25, 0.3) is 10.9 Å². The fourth-order valence-electron chi connectivity index (χ4n) is 2.91. The second kappa shape index (κ2) is 5.21. The van der Waals surface area contributed by atoms with E-state index in [2.05, 4.69) is 32.0 Å². The molecule has 0 amide bonds. The Kier molecular flexibility index (Phi) is 3.31. The van der Waals surface area contributed by atoms with Gasteiger partial charge in [-0.15, -0.1) is 0 Å². The van der Waals surface area contributed by atoms with Gasteiger partial charge in [0.2, 0.25) is 0 Å². The lowest BCUT2D eigenvalue weighted by Crippen LogP contribution is -2.11. The summed E-state index contributed by atoms with van der Waals surface area (Å²) in [7, 11) is 0. The van der Waals surface area contributed by atoms with Crippen LogP contribution < -0.4 is 5.56 Å². The summed E-state index contributed by atoms with van der Waals surface area (Å²) in [6, 6.07) is 13.4. The highest BCUT2D eigenvalue weighted by atomic mass is 79.9. The average Bonchev–Trinajstić information content (AvgIpc) is 3.27. The molecule has 0 radical (unpaired) electrons. The molecule has 0 bridgehead atoms. The van der Waals surface area contributed by atoms with Gasteiger partial charge in [0.25, 0.3) is 5.56 Å². The van der Waals surface area contributed by atoms with Gasteiger partial charge >= 0.3 is 0 Å². The molecule has 110 valence electrons. The van der Waals surface area contributed by atoms with E-state index in [1.807, 2.05) is 30.3 Å². The van der Waals surface area contributed by atoms with Crippen molar-refractivity contribution in [2.75, 3.05) is 0 Å². The van der Waals surface area contributed by atoms with Gasteiger partial charge in [0.15, 0.2) is 0 Å². The van der Waals surface area contributed by atoms with Gasteiger partial charge in [-0.3, -0.25) is 4.79 Å². The van der Waals surface area contributed by atoms with E-state index in [0.717, 1.165) is 27.3 Å². The van der Waals surface area contributed by atoms with Crippen molar-refractivity contribution in [1.29, 1.82) is 0 Å². The smallest absolute Gasteiger partial charge is 0.258 e.